The number of carbonyl (C=O) groups excluding carboxylic acids is 1. The lowest BCUT2D eigenvalue weighted by Crippen LogP contribution is -2.35. The van der Waals surface area contributed by atoms with Crippen molar-refractivity contribution in [3.63, 3.8) is 0 Å². The van der Waals surface area contributed by atoms with E-state index in [-0.39, 0.29) is 17.9 Å². The van der Waals surface area contributed by atoms with Crippen LogP contribution in [0.1, 0.15) is 37.7 Å². The second-order valence-corrected chi connectivity index (χ2v) is 6.09. The smallest absolute Gasteiger partial charge is 0.410 e. The first-order valence-electron chi connectivity index (χ1n) is 7.03. The summed E-state index contributed by atoms with van der Waals surface area (Å²) in [6.07, 6.45) is 1.13. The Balaban J connectivity index is 2.63. The van der Waals surface area contributed by atoms with Gasteiger partial charge >= 0.3 is 12.1 Å². The third kappa shape index (κ3) is 5.61. The van der Waals surface area contributed by atoms with Crippen LogP contribution in [0.4, 0.5) is 10.5 Å². The van der Waals surface area contributed by atoms with Crippen molar-refractivity contribution < 1.29 is 24.4 Å². The maximum atomic E-state index is 11.8. The predicted molar refractivity (Wildman–Crippen MR) is 81.5 cm³/mol. The van der Waals surface area contributed by atoms with E-state index in [2.05, 4.69) is 0 Å². The highest BCUT2D eigenvalue weighted by Gasteiger charge is 2.21. The number of aromatic carboxylic acids is 1. The predicted octanol–water partition coefficient (Wildman–Crippen LogP) is 2.35. The number of carbonyl (C=O) groups is 2. The van der Waals surface area contributed by atoms with Gasteiger partial charge in [0.05, 0.1) is 11.1 Å². The quantitative estimate of drug-likeness (QED) is 0.633. The van der Waals surface area contributed by atoms with Crippen molar-refractivity contribution in [1.82, 2.24) is 9.47 Å². The maximum Gasteiger partial charge on any atom is 0.410 e. The van der Waals surface area contributed by atoms with Crippen LogP contribution in [0.3, 0.4) is 0 Å². The standard InChI is InChI=1S/C14H21N3O6/c1-14(2,3)23-13(20)15(4)6-5-7-16-9-10(17(21)22)8-11(16)12(18)19/h8-9H,5-7H2,1-4H3,(H,18,19). The molecule has 23 heavy (non-hydrogen) atoms. The van der Waals surface area contributed by atoms with E-state index in [4.69, 9.17) is 9.84 Å². The van der Waals surface area contributed by atoms with Gasteiger partial charge in [-0.25, -0.2) is 9.59 Å². The first-order chi connectivity index (χ1) is 10.5. The van der Waals surface area contributed by atoms with E-state index in [9.17, 15) is 19.7 Å². The molecule has 0 radical (unpaired) electrons. The molecular weight excluding hydrogens is 306 g/mol. The van der Waals surface area contributed by atoms with E-state index in [0.717, 1.165) is 6.07 Å². The molecule has 9 heteroatoms. The summed E-state index contributed by atoms with van der Waals surface area (Å²) in [5.41, 5.74) is -1.03. The molecule has 128 valence electrons. The van der Waals surface area contributed by atoms with E-state index in [0.29, 0.717) is 13.0 Å². The van der Waals surface area contributed by atoms with Crippen LogP contribution in [0, 0.1) is 10.1 Å². The number of amides is 1. The SMILES string of the molecule is CN(CCCn1cc([N+](=O)[O-])cc1C(=O)O)C(=O)OC(C)(C)C. The molecule has 0 bridgehead atoms. The average molecular weight is 327 g/mol. The zero-order valence-electron chi connectivity index (χ0n) is 13.6. The van der Waals surface area contributed by atoms with Gasteiger partial charge in [0.2, 0.25) is 0 Å². The highest BCUT2D eigenvalue weighted by molar-refractivity contribution is 5.86. The molecule has 0 spiro atoms. The fourth-order valence-corrected chi connectivity index (χ4v) is 1.87. The Morgan fingerprint density at radius 3 is 2.52 bits per heavy atom. The molecule has 1 heterocycles. The van der Waals surface area contributed by atoms with E-state index in [1.54, 1.807) is 27.8 Å². The van der Waals surface area contributed by atoms with Gasteiger partial charge in [0.1, 0.15) is 11.3 Å². The van der Waals surface area contributed by atoms with Crippen molar-refractivity contribution in [3.05, 3.63) is 28.1 Å². The Morgan fingerprint density at radius 2 is 2.04 bits per heavy atom. The number of aryl methyl sites for hydroxylation is 1. The van der Waals surface area contributed by atoms with Crippen molar-refractivity contribution in [2.45, 2.75) is 39.3 Å². The van der Waals surface area contributed by atoms with Crippen LogP contribution in [-0.4, -0.2) is 50.8 Å². The molecule has 1 aromatic heterocycles. The fraction of sp³-hybridized carbons (Fsp3) is 0.571. The van der Waals surface area contributed by atoms with Gasteiger partial charge in [-0.15, -0.1) is 0 Å². The summed E-state index contributed by atoms with van der Waals surface area (Å²) in [4.78, 5) is 34.3. The zero-order valence-corrected chi connectivity index (χ0v) is 13.6. The molecule has 0 saturated carbocycles. The fourth-order valence-electron chi connectivity index (χ4n) is 1.87. The van der Waals surface area contributed by atoms with E-state index in [1.807, 2.05) is 0 Å². The monoisotopic (exact) mass is 327 g/mol. The highest BCUT2D eigenvalue weighted by Crippen LogP contribution is 2.17. The largest absolute Gasteiger partial charge is 0.477 e. The molecule has 0 aromatic carbocycles. The van der Waals surface area contributed by atoms with Gasteiger partial charge in [-0.05, 0) is 27.2 Å². The van der Waals surface area contributed by atoms with Gasteiger partial charge in [0.25, 0.3) is 5.69 Å². The summed E-state index contributed by atoms with van der Waals surface area (Å²) >= 11 is 0. The Labute approximate surface area is 133 Å². The Bertz CT molecular complexity index is 602. The molecule has 9 nitrogen and oxygen atoms in total. The van der Waals surface area contributed by atoms with Crippen LogP contribution >= 0.6 is 0 Å². The normalized spacial score (nSPS) is 11.1. The van der Waals surface area contributed by atoms with Crippen LogP contribution in [0.15, 0.2) is 12.3 Å². The average Bonchev–Trinajstić information content (AvgIpc) is 2.81. The second-order valence-electron chi connectivity index (χ2n) is 6.09. The van der Waals surface area contributed by atoms with E-state index < -0.39 is 22.6 Å². The summed E-state index contributed by atoms with van der Waals surface area (Å²) < 4.78 is 6.49. The molecule has 0 aliphatic carbocycles. The minimum absolute atomic E-state index is 0.156. The van der Waals surface area contributed by atoms with Crippen molar-refractivity contribution in [2.75, 3.05) is 13.6 Å². The maximum absolute atomic E-state index is 11.8. The number of aromatic nitrogens is 1. The van der Waals surface area contributed by atoms with E-state index in [1.165, 1.54) is 15.7 Å². The molecule has 1 N–H and O–H groups in total. The van der Waals surface area contributed by atoms with Gasteiger partial charge in [-0.1, -0.05) is 0 Å². The summed E-state index contributed by atoms with van der Waals surface area (Å²) in [5, 5.41) is 19.8. The van der Waals surface area contributed by atoms with Crippen LogP contribution in [0.2, 0.25) is 0 Å². The summed E-state index contributed by atoms with van der Waals surface area (Å²) in [5.74, 6) is -1.24. The molecule has 0 aliphatic rings. The van der Waals surface area contributed by atoms with Crippen LogP contribution < -0.4 is 0 Å². The topological polar surface area (TPSA) is 115 Å². The van der Waals surface area contributed by atoms with Gasteiger partial charge in [0, 0.05) is 26.2 Å². The van der Waals surface area contributed by atoms with Gasteiger partial charge in [-0.2, -0.15) is 0 Å². The van der Waals surface area contributed by atoms with Gasteiger partial charge < -0.3 is 19.3 Å². The van der Waals surface area contributed by atoms with Crippen molar-refractivity contribution >= 4 is 17.7 Å². The van der Waals surface area contributed by atoms with Crippen LogP contribution in [0.5, 0.6) is 0 Å². The number of hydrogen-bond acceptors (Lipinski definition) is 5. The second kappa shape index (κ2) is 7.12. The molecule has 0 atom stereocenters. The highest BCUT2D eigenvalue weighted by atomic mass is 16.6. The first-order valence-corrected chi connectivity index (χ1v) is 7.03. The minimum atomic E-state index is -1.24. The molecule has 1 rings (SSSR count). The number of ether oxygens (including phenoxy) is 1. The number of carboxylic acid groups (broad SMARTS) is 1. The number of rotatable bonds is 6. The van der Waals surface area contributed by atoms with Crippen molar-refractivity contribution in [2.24, 2.45) is 0 Å². The van der Waals surface area contributed by atoms with Crippen LogP contribution in [0.25, 0.3) is 0 Å². The lowest BCUT2D eigenvalue weighted by atomic mass is 10.2. The summed E-state index contributed by atoms with van der Waals surface area (Å²) in [6, 6.07) is 1.01. The Kier molecular flexibility index (Phi) is 5.72. The third-order valence-electron chi connectivity index (χ3n) is 2.91. The minimum Gasteiger partial charge on any atom is -0.477 e. The molecular formula is C14H21N3O6. The van der Waals surface area contributed by atoms with E-state index >= 15 is 0 Å². The Hall–Kier alpha value is -2.58. The third-order valence-corrected chi connectivity index (χ3v) is 2.91. The molecule has 0 aliphatic heterocycles. The number of hydrogen-bond donors (Lipinski definition) is 1. The molecule has 1 amide bonds. The number of nitrogens with zero attached hydrogens (tertiary/aromatic N) is 3. The van der Waals surface area contributed by atoms with Crippen molar-refractivity contribution in [1.29, 1.82) is 0 Å². The summed E-state index contributed by atoms with van der Waals surface area (Å²) in [6.45, 7) is 5.85. The lowest BCUT2D eigenvalue weighted by molar-refractivity contribution is -0.384. The lowest BCUT2D eigenvalue weighted by Gasteiger charge is -2.24. The first kappa shape index (κ1) is 18.5. The number of carboxylic acids is 1. The molecule has 0 saturated heterocycles. The van der Waals surface area contributed by atoms with Gasteiger partial charge in [-0.3, -0.25) is 10.1 Å². The number of nitro groups is 1. The van der Waals surface area contributed by atoms with Gasteiger partial charge in [0.15, 0.2) is 0 Å². The van der Waals surface area contributed by atoms with Crippen LogP contribution in [-0.2, 0) is 11.3 Å². The molecule has 0 unspecified atom stereocenters. The molecule has 0 fully saturated rings. The van der Waals surface area contributed by atoms with Crippen molar-refractivity contribution in [3.8, 4) is 0 Å². The zero-order chi connectivity index (χ0) is 17.8. The Morgan fingerprint density at radius 1 is 1.43 bits per heavy atom. The molecule has 1 aromatic rings. The summed E-state index contributed by atoms with van der Waals surface area (Å²) in [7, 11) is 1.57.